The van der Waals surface area contributed by atoms with E-state index in [2.05, 4.69) is 15.0 Å². The number of nitrogens with zero attached hydrogens (tertiary/aromatic N) is 3. The lowest BCUT2D eigenvalue weighted by atomic mass is 10.1. The van der Waals surface area contributed by atoms with Gasteiger partial charge in [0.05, 0.1) is 5.75 Å². The molecule has 0 saturated carbocycles. The van der Waals surface area contributed by atoms with Gasteiger partial charge in [-0.05, 0) is 13.0 Å². The topological polar surface area (TPSA) is 90.7 Å². The molecule has 0 aliphatic rings. The average Bonchev–Trinajstić information content (AvgIpc) is 2.35. The molecule has 0 bridgehead atoms. The van der Waals surface area contributed by atoms with Gasteiger partial charge in [0, 0.05) is 10.8 Å². The van der Waals surface area contributed by atoms with E-state index >= 15 is 0 Å². The number of anilines is 2. The van der Waals surface area contributed by atoms with Gasteiger partial charge in [0.15, 0.2) is 0 Å². The Hall–Kier alpha value is -1.89. The lowest BCUT2D eigenvalue weighted by Crippen LogP contribution is -2.06. The number of aromatic nitrogens is 3. The van der Waals surface area contributed by atoms with E-state index in [4.69, 9.17) is 11.5 Å². The van der Waals surface area contributed by atoms with Crippen LogP contribution in [0.15, 0.2) is 24.3 Å². The van der Waals surface area contributed by atoms with E-state index in [1.807, 2.05) is 13.0 Å². The minimum atomic E-state index is -0.211. The second-order valence-corrected chi connectivity index (χ2v) is 5.27. The lowest BCUT2D eigenvalue weighted by Gasteiger charge is -2.12. The highest BCUT2D eigenvalue weighted by Gasteiger charge is 2.12. The fourth-order valence-electron chi connectivity index (χ4n) is 1.62. The van der Waals surface area contributed by atoms with Crippen LogP contribution in [0.25, 0.3) is 0 Å². The molecule has 100 valence electrons. The number of nitrogens with two attached hydrogens (primary N) is 2. The second kappa shape index (κ2) is 5.83. The second-order valence-electron chi connectivity index (χ2n) is 3.94. The van der Waals surface area contributed by atoms with Crippen LogP contribution in [0.5, 0.6) is 0 Å². The van der Waals surface area contributed by atoms with Crippen LogP contribution in [0.4, 0.5) is 16.3 Å². The number of rotatable bonds is 4. The van der Waals surface area contributed by atoms with E-state index in [1.165, 1.54) is 17.8 Å². The molecule has 0 aliphatic carbocycles. The fourth-order valence-corrected chi connectivity index (χ4v) is 2.51. The number of thioether (sulfide) groups is 1. The van der Waals surface area contributed by atoms with Crippen molar-refractivity contribution >= 4 is 23.7 Å². The Morgan fingerprint density at radius 3 is 2.42 bits per heavy atom. The van der Waals surface area contributed by atoms with E-state index in [9.17, 15) is 4.39 Å². The summed E-state index contributed by atoms with van der Waals surface area (Å²) in [6.07, 6.45) is 0. The number of hydrogen-bond donors (Lipinski definition) is 2. The van der Waals surface area contributed by atoms with Crippen molar-refractivity contribution in [2.45, 2.75) is 17.9 Å². The van der Waals surface area contributed by atoms with Gasteiger partial charge in [-0.2, -0.15) is 15.0 Å². The molecule has 2 rings (SSSR count). The van der Waals surface area contributed by atoms with E-state index in [-0.39, 0.29) is 23.0 Å². The zero-order valence-corrected chi connectivity index (χ0v) is 11.2. The maximum absolute atomic E-state index is 13.6. The first-order valence-corrected chi connectivity index (χ1v) is 6.73. The van der Waals surface area contributed by atoms with Gasteiger partial charge in [-0.25, -0.2) is 4.39 Å². The summed E-state index contributed by atoms with van der Waals surface area (Å²) in [5.74, 6) is 0.977. The number of nitrogen functional groups attached to an aromatic ring is 2. The van der Waals surface area contributed by atoms with Crippen LogP contribution < -0.4 is 11.5 Å². The molecule has 1 aromatic heterocycles. The van der Waals surface area contributed by atoms with Crippen molar-refractivity contribution in [2.24, 2.45) is 0 Å². The lowest BCUT2D eigenvalue weighted by molar-refractivity contribution is 0.611. The largest absolute Gasteiger partial charge is 0.368 e. The van der Waals surface area contributed by atoms with Gasteiger partial charge in [-0.15, -0.1) is 11.8 Å². The number of halogens is 1. The van der Waals surface area contributed by atoms with Gasteiger partial charge in [-0.1, -0.05) is 18.2 Å². The quantitative estimate of drug-likeness (QED) is 0.891. The van der Waals surface area contributed by atoms with Crippen molar-refractivity contribution < 1.29 is 4.39 Å². The minimum Gasteiger partial charge on any atom is -0.368 e. The Bertz CT molecular complexity index is 558. The van der Waals surface area contributed by atoms with Crippen LogP contribution in [0.2, 0.25) is 0 Å². The van der Waals surface area contributed by atoms with Crippen molar-refractivity contribution in [3.05, 3.63) is 41.5 Å². The molecule has 2 aromatic rings. The molecule has 0 unspecified atom stereocenters. The van der Waals surface area contributed by atoms with E-state index < -0.39 is 0 Å². The molecule has 7 heteroatoms. The third-order valence-electron chi connectivity index (χ3n) is 2.52. The molecule has 1 atom stereocenters. The average molecular weight is 279 g/mol. The molecule has 1 aromatic carbocycles. The number of hydrogen-bond acceptors (Lipinski definition) is 6. The molecular weight excluding hydrogens is 265 g/mol. The standard InChI is InChI=1S/C12H14FN5S/c1-7(8-4-2-3-5-9(8)13)19-6-10-16-11(14)18-12(15)17-10/h2-5,7H,6H2,1H3,(H4,14,15,16,17,18)/t7-/m1/s1. The molecule has 0 saturated heterocycles. The van der Waals surface area contributed by atoms with E-state index in [0.29, 0.717) is 17.1 Å². The van der Waals surface area contributed by atoms with Gasteiger partial charge in [-0.3, -0.25) is 0 Å². The van der Waals surface area contributed by atoms with Crippen molar-refractivity contribution in [2.75, 3.05) is 11.5 Å². The molecule has 0 radical (unpaired) electrons. The fraction of sp³-hybridized carbons (Fsp3) is 0.250. The van der Waals surface area contributed by atoms with Crippen molar-refractivity contribution in [3.8, 4) is 0 Å². The number of benzene rings is 1. The Morgan fingerprint density at radius 1 is 1.16 bits per heavy atom. The summed E-state index contributed by atoms with van der Waals surface area (Å²) in [4.78, 5) is 11.7. The molecular formula is C12H14FN5S. The first kappa shape index (κ1) is 13.5. The van der Waals surface area contributed by atoms with Gasteiger partial charge < -0.3 is 11.5 Å². The molecule has 19 heavy (non-hydrogen) atoms. The predicted molar refractivity (Wildman–Crippen MR) is 74.8 cm³/mol. The zero-order chi connectivity index (χ0) is 13.8. The maximum atomic E-state index is 13.6. The molecule has 0 amide bonds. The Morgan fingerprint density at radius 2 is 1.79 bits per heavy atom. The van der Waals surface area contributed by atoms with Crippen LogP contribution in [-0.4, -0.2) is 15.0 Å². The Balaban J connectivity index is 2.04. The highest BCUT2D eigenvalue weighted by Crippen LogP contribution is 2.31. The summed E-state index contributed by atoms with van der Waals surface area (Å²) in [5.41, 5.74) is 11.6. The summed E-state index contributed by atoms with van der Waals surface area (Å²) in [6.45, 7) is 1.93. The Kier molecular flexibility index (Phi) is 4.16. The summed E-state index contributed by atoms with van der Waals surface area (Å²) in [6, 6.07) is 6.70. The van der Waals surface area contributed by atoms with Crippen LogP contribution in [0, 0.1) is 5.82 Å². The van der Waals surface area contributed by atoms with Crippen LogP contribution in [-0.2, 0) is 5.75 Å². The first-order valence-electron chi connectivity index (χ1n) is 5.68. The molecule has 1 heterocycles. The smallest absolute Gasteiger partial charge is 0.225 e. The van der Waals surface area contributed by atoms with Crippen LogP contribution in [0.1, 0.15) is 23.6 Å². The van der Waals surface area contributed by atoms with E-state index in [0.717, 1.165) is 0 Å². The molecule has 5 nitrogen and oxygen atoms in total. The molecule has 0 aliphatic heterocycles. The highest BCUT2D eigenvalue weighted by atomic mass is 32.2. The normalized spacial score (nSPS) is 12.3. The van der Waals surface area contributed by atoms with Gasteiger partial charge in [0.1, 0.15) is 11.6 Å². The summed E-state index contributed by atoms with van der Waals surface area (Å²) < 4.78 is 13.6. The minimum absolute atomic E-state index is 0.0135. The Labute approximate surface area is 114 Å². The molecule has 0 fully saturated rings. The zero-order valence-electron chi connectivity index (χ0n) is 10.4. The third kappa shape index (κ3) is 3.54. The SMILES string of the molecule is C[C@@H](SCc1nc(N)nc(N)n1)c1ccccc1F. The highest BCUT2D eigenvalue weighted by molar-refractivity contribution is 7.98. The van der Waals surface area contributed by atoms with Gasteiger partial charge >= 0.3 is 0 Å². The van der Waals surface area contributed by atoms with Crippen LogP contribution >= 0.6 is 11.8 Å². The predicted octanol–water partition coefficient (Wildman–Crippen LogP) is 2.17. The van der Waals surface area contributed by atoms with Crippen LogP contribution in [0.3, 0.4) is 0 Å². The molecule has 0 spiro atoms. The first-order chi connectivity index (χ1) is 9.06. The van der Waals surface area contributed by atoms with Crippen molar-refractivity contribution in [3.63, 3.8) is 0 Å². The van der Waals surface area contributed by atoms with Gasteiger partial charge in [0.2, 0.25) is 11.9 Å². The van der Waals surface area contributed by atoms with Crippen molar-refractivity contribution in [1.29, 1.82) is 0 Å². The van der Waals surface area contributed by atoms with Gasteiger partial charge in [0.25, 0.3) is 0 Å². The third-order valence-corrected chi connectivity index (χ3v) is 3.70. The maximum Gasteiger partial charge on any atom is 0.225 e. The van der Waals surface area contributed by atoms with Crippen molar-refractivity contribution in [1.82, 2.24) is 15.0 Å². The van der Waals surface area contributed by atoms with E-state index in [1.54, 1.807) is 12.1 Å². The summed E-state index contributed by atoms with van der Waals surface area (Å²) in [5, 5.41) is -0.0135. The summed E-state index contributed by atoms with van der Waals surface area (Å²) in [7, 11) is 0. The molecule has 4 N–H and O–H groups in total. The monoisotopic (exact) mass is 279 g/mol. The summed E-state index contributed by atoms with van der Waals surface area (Å²) >= 11 is 1.51.